The highest BCUT2D eigenvalue weighted by atomic mass is 16.2. The molecule has 4 N–H and O–H groups in total. The van der Waals surface area contributed by atoms with Crippen molar-refractivity contribution in [3.8, 4) is 0 Å². The van der Waals surface area contributed by atoms with Gasteiger partial charge >= 0.3 is 0 Å². The summed E-state index contributed by atoms with van der Waals surface area (Å²) in [5.74, 6) is -0.562. The monoisotopic (exact) mass is 296 g/mol. The maximum Gasteiger partial charge on any atom is 0.242 e. The van der Waals surface area contributed by atoms with Gasteiger partial charge in [0.1, 0.15) is 12.1 Å². The summed E-state index contributed by atoms with van der Waals surface area (Å²) in [5.41, 5.74) is 0. The topological polar surface area (TPSA) is 116 Å². The third-order valence-corrected chi connectivity index (χ3v) is 3.58. The van der Waals surface area contributed by atoms with Gasteiger partial charge in [0.25, 0.3) is 0 Å². The standard InChI is InChI=1S/C13H20N4O4/c18-10-4-2-8(16-10)12(20)14-6-1-7-15-13(21)9-3-5-11(19)17-9/h8-9H,1-7H2,(H,14,20)(H,15,21)(H,16,18)(H,17,19). The number of hydrogen-bond donors (Lipinski definition) is 4. The molecule has 2 rings (SSSR count). The molecule has 0 aromatic carbocycles. The van der Waals surface area contributed by atoms with E-state index in [1.165, 1.54) is 0 Å². The van der Waals surface area contributed by atoms with Crippen molar-refractivity contribution in [3.63, 3.8) is 0 Å². The molecule has 0 aromatic heterocycles. The molecule has 0 saturated carbocycles. The van der Waals surface area contributed by atoms with E-state index in [9.17, 15) is 19.2 Å². The smallest absolute Gasteiger partial charge is 0.242 e. The predicted molar refractivity (Wildman–Crippen MR) is 73.0 cm³/mol. The summed E-state index contributed by atoms with van der Waals surface area (Å²) in [6.07, 6.45) is 2.44. The van der Waals surface area contributed by atoms with Gasteiger partial charge in [-0.15, -0.1) is 0 Å². The molecule has 8 nitrogen and oxygen atoms in total. The van der Waals surface area contributed by atoms with E-state index in [1.54, 1.807) is 0 Å². The molecule has 8 heteroatoms. The van der Waals surface area contributed by atoms with Crippen LogP contribution in [0.3, 0.4) is 0 Å². The molecule has 0 spiro atoms. The first kappa shape index (κ1) is 15.3. The van der Waals surface area contributed by atoms with Gasteiger partial charge in [-0.05, 0) is 19.3 Å². The Hall–Kier alpha value is -2.12. The fourth-order valence-electron chi connectivity index (χ4n) is 2.38. The van der Waals surface area contributed by atoms with Crippen LogP contribution < -0.4 is 21.3 Å². The molecule has 0 bridgehead atoms. The van der Waals surface area contributed by atoms with Gasteiger partial charge in [0.05, 0.1) is 0 Å². The maximum absolute atomic E-state index is 11.7. The molecule has 2 aliphatic rings. The Balaban J connectivity index is 1.53. The van der Waals surface area contributed by atoms with Crippen molar-refractivity contribution < 1.29 is 19.2 Å². The van der Waals surface area contributed by atoms with Crippen molar-refractivity contribution in [2.45, 2.75) is 44.2 Å². The normalized spacial score (nSPS) is 24.4. The number of rotatable bonds is 6. The van der Waals surface area contributed by atoms with Gasteiger partial charge in [-0.3, -0.25) is 19.2 Å². The van der Waals surface area contributed by atoms with Crippen LogP contribution in [0.25, 0.3) is 0 Å². The first-order valence-electron chi connectivity index (χ1n) is 7.20. The molecule has 116 valence electrons. The lowest BCUT2D eigenvalue weighted by atomic mass is 10.2. The minimum absolute atomic E-state index is 0.0963. The lowest BCUT2D eigenvalue weighted by molar-refractivity contribution is -0.126. The van der Waals surface area contributed by atoms with Crippen LogP contribution in [-0.2, 0) is 19.2 Å². The van der Waals surface area contributed by atoms with Gasteiger partial charge in [-0.25, -0.2) is 0 Å². The van der Waals surface area contributed by atoms with Crippen molar-refractivity contribution in [2.75, 3.05) is 13.1 Å². The summed E-state index contributed by atoms with van der Waals surface area (Å²) in [4.78, 5) is 45.3. The Morgan fingerprint density at radius 1 is 0.905 bits per heavy atom. The van der Waals surface area contributed by atoms with E-state index < -0.39 is 12.1 Å². The Morgan fingerprint density at radius 3 is 1.67 bits per heavy atom. The highest BCUT2D eigenvalue weighted by molar-refractivity contribution is 5.91. The van der Waals surface area contributed by atoms with Crippen molar-refractivity contribution in [1.82, 2.24) is 21.3 Å². The van der Waals surface area contributed by atoms with E-state index in [0.29, 0.717) is 45.2 Å². The predicted octanol–water partition coefficient (Wildman–Crippen LogP) is -1.83. The first-order valence-corrected chi connectivity index (χ1v) is 7.20. The second-order valence-electron chi connectivity index (χ2n) is 5.25. The van der Waals surface area contributed by atoms with Crippen molar-refractivity contribution in [1.29, 1.82) is 0 Å². The zero-order valence-electron chi connectivity index (χ0n) is 11.7. The average molecular weight is 296 g/mol. The van der Waals surface area contributed by atoms with Gasteiger partial charge in [0, 0.05) is 25.9 Å². The number of hydrogen-bond acceptors (Lipinski definition) is 4. The molecule has 2 aliphatic heterocycles. The molecule has 21 heavy (non-hydrogen) atoms. The number of carbonyl (C=O) groups excluding carboxylic acids is 4. The summed E-state index contributed by atoms with van der Waals surface area (Å²) in [5, 5.41) is 10.6. The third-order valence-electron chi connectivity index (χ3n) is 3.58. The van der Waals surface area contributed by atoms with E-state index in [-0.39, 0.29) is 23.6 Å². The van der Waals surface area contributed by atoms with Crippen molar-refractivity contribution in [2.24, 2.45) is 0 Å². The van der Waals surface area contributed by atoms with E-state index >= 15 is 0 Å². The highest BCUT2D eigenvalue weighted by Gasteiger charge is 2.27. The van der Waals surface area contributed by atoms with Crippen LogP contribution in [0.1, 0.15) is 32.1 Å². The summed E-state index contributed by atoms with van der Waals surface area (Å²) in [7, 11) is 0. The van der Waals surface area contributed by atoms with Crippen LogP contribution in [-0.4, -0.2) is 48.8 Å². The van der Waals surface area contributed by atoms with Crippen LogP contribution in [0.2, 0.25) is 0 Å². The number of nitrogens with one attached hydrogen (secondary N) is 4. The van der Waals surface area contributed by atoms with E-state index in [2.05, 4.69) is 21.3 Å². The second-order valence-corrected chi connectivity index (χ2v) is 5.25. The molecular weight excluding hydrogens is 276 g/mol. The van der Waals surface area contributed by atoms with Gasteiger partial charge in [-0.1, -0.05) is 0 Å². The zero-order valence-corrected chi connectivity index (χ0v) is 11.7. The number of amides is 4. The van der Waals surface area contributed by atoms with Gasteiger partial charge in [0.2, 0.25) is 23.6 Å². The molecule has 2 unspecified atom stereocenters. The molecule has 4 amide bonds. The Morgan fingerprint density at radius 2 is 1.33 bits per heavy atom. The fourth-order valence-corrected chi connectivity index (χ4v) is 2.38. The summed E-state index contributed by atoms with van der Waals surface area (Å²) >= 11 is 0. The lowest BCUT2D eigenvalue weighted by Crippen LogP contribution is -2.44. The summed E-state index contributed by atoms with van der Waals surface area (Å²) < 4.78 is 0. The lowest BCUT2D eigenvalue weighted by Gasteiger charge is -2.12. The minimum Gasteiger partial charge on any atom is -0.354 e. The number of carbonyl (C=O) groups is 4. The fraction of sp³-hybridized carbons (Fsp3) is 0.692. The van der Waals surface area contributed by atoms with Crippen molar-refractivity contribution in [3.05, 3.63) is 0 Å². The Bertz CT molecular complexity index is 411. The molecule has 0 aromatic rings. The average Bonchev–Trinajstić information content (AvgIpc) is 3.06. The zero-order chi connectivity index (χ0) is 15.2. The van der Waals surface area contributed by atoms with Crippen LogP contribution in [0.5, 0.6) is 0 Å². The maximum atomic E-state index is 11.7. The van der Waals surface area contributed by atoms with E-state index in [1.807, 2.05) is 0 Å². The molecule has 2 atom stereocenters. The van der Waals surface area contributed by atoms with Crippen LogP contribution in [0.4, 0.5) is 0 Å². The molecule has 0 aliphatic carbocycles. The van der Waals surface area contributed by atoms with Crippen LogP contribution >= 0.6 is 0 Å². The SMILES string of the molecule is O=C1CCC(C(=O)NCCCNC(=O)C2CCC(=O)N2)N1. The largest absolute Gasteiger partial charge is 0.354 e. The molecule has 2 heterocycles. The van der Waals surface area contributed by atoms with E-state index in [0.717, 1.165) is 0 Å². The molecule has 0 radical (unpaired) electrons. The summed E-state index contributed by atoms with van der Waals surface area (Å²) in [6, 6.07) is -0.860. The van der Waals surface area contributed by atoms with Gasteiger partial charge in [-0.2, -0.15) is 0 Å². The van der Waals surface area contributed by atoms with E-state index in [4.69, 9.17) is 0 Å². The highest BCUT2D eigenvalue weighted by Crippen LogP contribution is 2.06. The van der Waals surface area contributed by atoms with Crippen molar-refractivity contribution >= 4 is 23.6 Å². The molecule has 2 fully saturated rings. The van der Waals surface area contributed by atoms with Gasteiger partial charge < -0.3 is 21.3 Å². The molecule has 2 saturated heterocycles. The Kier molecular flexibility index (Phi) is 5.13. The van der Waals surface area contributed by atoms with Crippen LogP contribution in [0, 0.1) is 0 Å². The Labute approximate surface area is 122 Å². The minimum atomic E-state index is -0.430. The van der Waals surface area contributed by atoms with Crippen LogP contribution in [0.15, 0.2) is 0 Å². The van der Waals surface area contributed by atoms with Gasteiger partial charge in [0.15, 0.2) is 0 Å². The first-order chi connectivity index (χ1) is 10.1. The molecular formula is C13H20N4O4. The third kappa shape index (κ3) is 4.44. The second kappa shape index (κ2) is 7.05. The summed E-state index contributed by atoms with van der Waals surface area (Å²) in [6.45, 7) is 0.866. The quantitative estimate of drug-likeness (QED) is 0.431.